The van der Waals surface area contributed by atoms with Gasteiger partial charge in [-0.3, -0.25) is 4.79 Å². The van der Waals surface area contributed by atoms with Gasteiger partial charge >= 0.3 is 24.3 Å². The van der Waals surface area contributed by atoms with Gasteiger partial charge in [0.05, 0.1) is 11.8 Å². The zero-order valence-electron chi connectivity index (χ0n) is 23.2. The van der Waals surface area contributed by atoms with Gasteiger partial charge in [0, 0.05) is 23.3 Å². The van der Waals surface area contributed by atoms with E-state index in [-0.39, 0.29) is 11.1 Å². The quantitative estimate of drug-likeness (QED) is 0.106. The lowest BCUT2D eigenvalue weighted by Crippen LogP contribution is -2.21. The molecule has 0 atom stereocenters. The fraction of sp³-hybridized carbons (Fsp3) is 0.143. The van der Waals surface area contributed by atoms with Crippen molar-refractivity contribution in [3.8, 4) is 0 Å². The SMILES string of the molecule is O=C(Nc1ccc2cc1CCc1cccc(c1)Nc1ncc(Cl)c(n1)N2)c1cccnc1Cl.O=C(O)C(F)(F)F.O=C(O)C(F)(F)F. The van der Waals surface area contributed by atoms with E-state index >= 15 is 0 Å². The van der Waals surface area contributed by atoms with Crippen molar-refractivity contribution in [2.24, 2.45) is 0 Å². The average Bonchev–Trinajstić information content (AvgIpc) is 2.99. The first-order valence-electron chi connectivity index (χ1n) is 12.7. The minimum absolute atomic E-state index is 0.159. The molecule has 0 radical (unpaired) electrons. The molecule has 4 aromatic rings. The van der Waals surface area contributed by atoms with Crippen LogP contribution in [0.4, 0.5) is 55.2 Å². The lowest BCUT2D eigenvalue weighted by molar-refractivity contribution is -0.193. The van der Waals surface area contributed by atoms with Crippen molar-refractivity contribution < 1.29 is 50.9 Å². The molecular weight excluding hydrogens is 685 g/mol. The van der Waals surface area contributed by atoms with Crippen LogP contribution in [0.3, 0.4) is 0 Å². The molecule has 5 N–H and O–H groups in total. The summed E-state index contributed by atoms with van der Waals surface area (Å²) in [5.41, 5.74) is 4.78. The Morgan fingerprint density at radius 1 is 0.809 bits per heavy atom. The molecule has 2 aromatic carbocycles. The van der Waals surface area contributed by atoms with Crippen LogP contribution in [0, 0.1) is 0 Å². The number of nitrogens with one attached hydrogen (secondary N) is 3. The van der Waals surface area contributed by atoms with Gasteiger partial charge in [-0.1, -0.05) is 35.3 Å². The number of benzene rings is 2. The number of anilines is 5. The molecule has 0 aliphatic carbocycles. The average molecular weight is 705 g/mol. The first-order valence-corrected chi connectivity index (χ1v) is 13.5. The molecule has 0 spiro atoms. The molecular formula is C28H20Cl2F6N6O5. The van der Waals surface area contributed by atoms with Gasteiger partial charge in [-0.05, 0) is 66.4 Å². The van der Waals surface area contributed by atoms with Gasteiger partial charge < -0.3 is 26.2 Å². The molecule has 1 aliphatic heterocycles. The van der Waals surface area contributed by atoms with Gasteiger partial charge in [0.25, 0.3) is 5.91 Å². The number of carbonyl (C=O) groups excluding carboxylic acids is 1. The highest BCUT2D eigenvalue weighted by molar-refractivity contribution is 6.33. The molecule has 47 heavy (non-hydrogen) atoms. The molecule has 0 saturated heterocycles. The maximum atomic E-state index is 12.8. The molecule has 1 aliphatic rings. The standard InChI is InChI=1S/C24H18Cl2N6O.2C2HF3O2/c25-19-13-28-24-30-16-4-1-3-14(11-16)6-7-15-12-17(29-22(19)32-24)8-9-20(15)31-23(33)18-5-2-10-27-21(18)26;2*3-2(4,5)1(6)7/h1-5,8-13H,6-7H2,(H,31,33)(H2,28,29,30,32);2*(H,6,7). The largest absolute Gasteiger partial charge is 0.490 e. The molecule has 0 fully saturated rings. The fourth-order valence-electron chi connectivity index (χ4n) is 3.61. The summed E-state index contributed by atoms with van der Waals surface area (Å²) in [4.78, 5) is 43.4. The third-order valence-corrected chi connectivity index (χ3v) is 6.29. The Kier molecular flexibility index (Phi) is 11.9. The van der Waals surface area contributed by atoms with Crippen LogP contribution in [0.15, 0.2) is 67.0 Å². The Morgan fingerprint density at radius 3 is 2.06 bits per heavy atom. The van der Waals surface area contributed by atoms with Crippen LogP contribution in [-0.2, 0) is 22.4 Å². The summed E-state index contributed by atoms with van der Waals surface area (Å²) >= 11 is 12.4. The number of hydrogen-bond acceptors (Lipinski definition) is 8. The second kappa shape index (κ2) is 15.4. The number of aryl methyl sites for hydroxylation is 2. The number of alkyl halides is 6. The number of aliphatic carboxylic acids is 2. The third-order valence-electron chi connectivity index (χ3n) is 5.72. The van der Waals surface area contributed by atoms with Crippen molar-refractivity contribution in [3.05, 3.63) is 93.9 Å². The third kappa shape index (κ3) is 11.0. The molecule has 6 bridgehead atoms. The van der Waals surface area contributed by atoms with Crippen molar-refractivity contribution in [2.75, 3.05) is 16.0 Å². The molecule has 11 nitrogen and oxygen atoms in total. The lowest BCUT2D eigenvalue weighted by Gasteiger charge is -2.15. The van der Waals surface area contributed by atoms with Crippen LogP contribution in [-0.4, -0.2) is 55.4 Å². The second-order valence-electron chi connectivity index (χ2n) is 9.11. The summed E-state index contributed by atoms with van der Waals surface area (Å²) in [5, 5.41) is 24.3. The number of fused-ring (bicyclic) bond motifs is 6. The minimum Gasteiger partial charge on any atom is -0.475 e. The molecule has 2 aromatic heterocycles. The number of carboxylic acids is 2. The summed E-state index contributed by atoms with van der Waals surface area (Å²) in [6.07, 6.45) is -5.60. The van der Waals surface area contributed by atoms with E-state index in [0.29, 0.717) is 34.5 Å². The van der Waals surface area contributed by atoms with Crippen molar-refractivity contribution in [1.82, 2.24) is 15.0 Å². The summed E-state index contributed by atoms with van der Waals surface area (Å²) in [7, 11) is 0. The van der Waals surface area contributed by atoms with E-state index in [1.807, 2.05) is 30.3 Å². The monoisotopic (exact) mass is 704 g/mol. The molecule has 19 heteroatoms. The number of hydrogen-bond donors (Lipinski definition) is 5. The van der Waals surface area contributed by atoms with Crippen molar-refractivity contribution in [2.45, 2.75) is 25.2 Å². The lowest BCUT2D eigenvalue weighted by atomic mass is 10.0. The number of halogens is 8. The zero-order chi connectivity index (χ0) is 34.9. The summed E-state index contributed by atoms with van der Waals surface area (Å²) in [5.74, 6) is -4.91. The Hall–Kier alpha value is -5.16. The Bertz CT molecular complexity index is 1750. The van der Waals surface area contributed by atoms with Gasteiger partial charge in [0.1, 0.15) is 10.2 Å². The van der Waals surface area contributed by atoms with E-state index in [4.69, 9.17) is 43.0 Å². The van der Waals surface area contributed by atoms with Gasteiger partial charge in [-0.25, -0.2) is 19.6 Å². The smallest absolute Gasteiger partial charge is 0.475 e. The van der Waals surface area contributed by atoms with Gasteiger partial charge in [-0.15, -0.1) is 0 Å². The van der Waals surface area contributed by atoms with E-state index in [2.05, 4.69) is 43.0 Å². The van der Waals surface area contributed by atoms with E-state index in [0.717, 1.165) is 28.9 Å². The topological polar surface area (TPSA) is 166 Å². The normalized spacial score (nSPS) is 12.0. The van der Waals surface area contributed by atoms with Crippen molar-refractivity contribution in [3.63, 3.8) is 0 Å². The summed E-state index contributed by atoms with van der Waals surface area (Å²) in [6, 6.07) is 17.1. The van der Waals surface area contributed by atoms with Crippen molar-refractivity contribution in [1.29, 1.82) is 0 Å². The molecule has 248 valence electrons. The second-order valence-corrected chi connectivity index (χ2v) is 9.88. The Labute approximate surface area is 270 Å². The van der Waals surface area contributed by atoms with Gasteiger partial charge in [0.2, 0.25) is 5.95 Å². The number of carboxylic acid groups (broad SMARTS) is 2. The zero-order valence-corrected chi connectivity index (χ0v) is 24.8. The first kappa shape index (κ1) is 36.3. The predicted octanol–water partition coefficient (Wildman–Crippen LogP) is 7.28. The van der Waals surface area contributed by atoms with Crippen LogP contribution in [0.25, 0.3) is 0 Å². The highest BCUT2D eigenvalue weighted by Gasteiger charge is 2.38. The fourth-order valence-corrected chi connectivity index (χ4v) is 3.95. The van der Waals surface area contributed by atoms with Crippen LogP contribution >= 0.6 is 23.2 Å². The Balaban J connectivity index is 0.000000360. The van der Waals surface area contributed by atoms with Crippen LogP contribution in [0.2, 0.25) is 10.2 Å². The van der Waals surface area contributed by atoms with E-state index < -0.39 is 24.3 Å². The number of aromatic nitrogens is 3. The number of amides is 1. The molecule has 3 heterocycles. The Morgan fingerprint density at radius 2 is 1.45 bits per heavy atom. The van der Waals surface area contributed by atoms with Gasteiger partial charge in [0.15, 0.2) is 5.82 Å². The summed E-state index contributed by atoms with van der Waals surface area (Å²) in [6.45, 7) is 0. The number of pyridine rings is 1. The van der Waals surface area contributed by atoms with E-state index in [1.165, 1.54) is 0 Å². The minimum atomic E-state index is -5.08. The highest BCUT2D eigenvalue weighted by atomic mass is 35.5. The molecule has 1 amide bonds. The first-order chi connectivity index (χ1) is 21.9. The predicted molar refractivity (Wildman–Crippen MR) is 158 cm³/mol. The van der Waals surface area contributed by atoms with Gasteiger partial charge in [-0.2, -0.15) is 31.3 Å². The number of nitrogens with zero attached hydrogens (tertiary/aromatic N) is 3. The summed E-state index contributed by atoms with van der Waals surface area (Å²) < 4.78 is 63.5. The number of carbonyl (C=O) groups is 3. The maximum Gasteiger partial charge on any atom is 0.490 e. The van der Waals surface area contributed by atoms with Crippen LogP contribution in [0.1, 0.15) is 21.5 Å². The molecule has 5 rings (SSSR count). The van der Waals surface area contributed by atoms with E-state index in [1.54, 1.807) is 24.5 Å². The molecule has 0 saturated carbocycles. The van der Waals surface area contributed by atoms with Crippen LogP contribution in [0.5, 0.6) is 0 Å². The van der Waals surface area contributed by atoms with Crippen LogP contribution < -0.4 is 16.0 Å². The van der Waals surface area contributed by atoms with Crippen molar-refractivity contribution >= 4 is 69.9 Å². The number of rotatable bonds is 2. The maximum absolute atomic E-state index is 12.8. The van der Waals surface area contributed by atoms with E-state index in [9.17, 15) is 31.1 Å². The molecule has 0 unspecified atom stereocenters. The highest BCUT2D eigenvalue weighted by Crippen LogP contribution is 2.30.